The maximum atomic E-state index is 13.0. The van der Waals surface area contributed by atoms with Crippen LogP contribution in [0.15, 0.2) is 29.3 Å². The van der Waals surface area contributed by atoms with Gasteiger partial charge in [0.1, 0.15) is 11.9 Å². The summed E-state index contributed by atoms with van der Waals surface area (Å²) in [6.07, 6.45) is 2.20. The van der Waals surface area contributed by atoms with Crippen molar-refractivity contribution in [1.29, 1.82) is 0 Å². The number of piperidine rings is 1. The quantitative estimate of drug-likeness (QED) is 0.685. The Bertz CT molecular complexity index is 475. The van der Waals surface area contributed by atoms with Crippen LogP contribution in [0.3, 0.4) is 0 Å². The first-order valence-electron chi connectivity index (χ1n) is 7.43. The van der Waals surface area contributed by atoms with Crippen molar-refractivity contribution in [3.63, 3.8) is 0 Å². The predicted octanol–water partition coefficient (Wildman–Crippen LogP) is 2.56. The minimum Gasteiger partial charge on any atom is -0.375 e. The number of halogens is 1. The van der Waals surface area contributed by atoms with Crippen LogP contribution in [0.2, 0.25) is 0 Å². The number of nitrogens with two attached hydrogens (primary N) is 1. The smallest absolute Gasteiger partial charge is 0.191 e. The summed E-state index contributed by atoms with van der Waals surface area (Å²) in [6, 6.07) is 6.30. The molecule has 0 bridgehead atoms. The van der Waals surface area contributed by atoms with Gasteiger partial charge >= 0.3 is 0 Å². The van der Waals surface area contributed by atoms with Crippen molar-refractivity contribution in [2.75, 3.05) is 26.7 Å². The highest BCUT2D eigenvalue weighted by Gasteiger charge is 2.18. The molecule has 5 heteroatoms. The van der Waals surface area contributed by atoms with E-state index in [9.17, 15) is 4.39 Å². The molecule has 2 atom stereocenters. The summed E-state index contributed by atoms with van der Waals surface area (Å²) in [4.78, 5) is 6.58. The van der Waals surface area contributed by atoms with Crippen molar-refractivity contribution >= 4 is 5.96 Å². The van der Waals surface area contributed by atoms with Crippen molar-refractivity contribution in [2.45, 2.75) is 25.9 Å². The third-order valence-corrected chi connectivity index (χ3v) is 3.93. The van der Waals surface area contributed by atoms with Gasteiger partial charge < -0.3 is 15.4 Å². The summed E-state index contributed by atoms with van der Waals surface area (Å²) in [7, 11) is 1.63. The van der Waals surface area contributed by atoms with Crippen molar-refractivity contribution in [2.24, 2.45) is 16.6 Å². The lowest BCUT2D eigenvalue weighted by Gasteiger charge is -2.31. The highest BCUT2D eigenvalue weighted by molar-refractivity contribution is 5.78. The second kappa shape index (κ2) is 7.41. The fourth-order valence-corrected chi connectivity index (χ4v) is 2.67. The van der Waals surface area contributed by atoms with Gasteiger partial charge in [0.15, 0.2) is 5.96 Å². The molecular weight excluding hydrogens is 269 g/mol. The summed E-state index contributed by atoms with van der Waals surface area (Å²) in [5, 5.41) is 0. The fourth-order valence-electron chi connectivity index (χ4n) is 2.67. The largest absolute Gasteiger partial charge is 0.375 e. The van der Waals surface area contributed by atoms with Crippen LogP contribution in [-0.2, 0) is 4.74 Å². The van der Waals surface area contributed by atoms with Gasteiger partial charge in [0.05, 0.1) is 6.54 Å². The van der Waals surface area contributed by atoms with Gasteiger partial charge in [-0.25, -0.2) is 4.39 Å². The van der Waals surface area contributed by atoms with Crippen molar-refractivity contribution in [3.8, 4) is 0 Å². The van der Waals surface area contributed by atoms with E-state index in [4.69, 9.17) is 10.5 Å². The molecule has 0 spiro atoms. The normalized spacial score (nSPS) is 21.4. The molecule has 1 aromatic carbocycles. The lowest BCUT2D eigenvalue weighted by atomic mass is 10.0. The van der Waals surface area contributed by atoms with Gasteiger partial charge in [-0.3, -0.25) is 4.99 Å². The number of ether oxygens (including phenoxy) is 1. The minimum absolute atomic E-state index is 0.202. The van der Waals surface area contributed by atoms with Crippen LogP contribution in [0, 0.1) is 11.7 Å². The third-order valence-electron chi connectivity index (χ3n) is 3.93. The SMILES string of the molecule is COC(CN=C(N)N1CCCC(C)C1)c1ccc(F)cc1. The van der Waals surface area contributed by atoms with Crippen molar-refractivity contribution < 1.29 is 9.13 Å². The first-order valence-corrected chi connectivity index (χ1v) is 7.43. The molecule has 2 unspecified atom stereocenters. The van der Waals surface area contributed by atoms with E-state index >= 15 is 0 Å². The Hall–Kier alpha value is -1.62. The average molecular weight is 293 g/mol. The van der Waals surface area contributed by atoms with Crippen molar-refractivity contribution in [3.05, 3.63) is 35.6 Å². The van der Waals surface area contributed by atoms with Gasteiger partial charge in [-0.05, 0) is 36.5 Å². The van der Waals surface area contributed by atoms with E-state index in [2.05, 4.69) is 16.8 Å². The first kappa shape index (κ1) is 15.8. The topological polar surface area (TPSA) is 50.9 Å². The van der Waals surface area contributed by atoms with Crippen LogP contribution in [0.25, 0.3) is 0 Å². The number of hydrogen-bond acceptors (Lipinski definition) is 2. The summed E-state index contributed by atoms with van der Waals surface area (Å²) < 4.78 is 18.4. The average Bonchev–Trinajstić information content (AvgIpc) is 2.49. The molecule has 0 amide bonds. The molecule has 4 nitrogen and oxygen atoms in total. The van der Waals surface area contributed by atoms with Crippen LogP contribution >= 0.6 is 0 Å². The lowest BCUT2D eigenvalue weighted by molar-refractivity contribution is 0.110. The Balaban J connectivity index is 1.98. The van der Waals surface area contributed by atoms with E-state index in [1.807, 2.05) is 0 Å². The Morgan fingerprint density at radius 1 is 1.48 bits per heavy atom. The summed E-state index contributed by atoms with van der Waals surface area (Å²) in [6.45, 7) is 4.60. The van der Waals surface area contributed by atoms with Gasteiger partial charge in [-0.1, -0.05) is 19.1 Å². The number of methoxy groups -OCH3 is 1. The van der Waals surface area contributed by atoms with Gasteiger partial charge in [-0.2, -0.15) is 0 Å². The Kier molecular flexibility index (Phi) is 5.56. The molecule has 0 saturated carbocycles. The van der Waals surface area contributed by atoms with Gasteiger partial charge in [-0.15, -0.1) is 0 Å². The van der Waals surface area contributed by atoms with Crippen LogP contribution in [0.5, 0.6) is 0 Å². The third kappa shape index (κ3) is 4.43. The summed E-state index contributed by atoms with van der Waals surface area (Å²) in [5.41, 5.74) is 6.98. The Morgan fingerprint density at radius 2 is 2.19 bits per heavy atom. The molecule has 1 aromatic rings. The monoisotopic (exact) mass is 293 g/mol. The molecule has 0 aromatic heterocycles. The molecule has 0 aliphatic carbocycles. The van der Waals surface area contributed by atoms with Crippen LogP contribution in [0.1, 0.15) is 31.4 Å². The minimum atomic E-state index is -0.251. The Labute approximate surface area is 125 Å². The molecule has 1 heterocycles. The predicted molar refractivity (Wildman–Crippen MR) is 82.6 cm³/mol. The van der Waals surface area contributed by atoms with Gasteiger partial charge in [0.2, 0.25) is 0 Å². The standard InChI is InChI=1S/C16H24FN3O/c1-12-4-3-9-20(11-12)16(18)19-10-15(21-2)13-5-7-14(17)8-6-13/h5-8,12,15H,3-4,9-11H2,1-2H3,(H2,18,19). The van der Waals surface area contributed by atoms with E-state index in [1.165, 1.54) is 18.6 Å². The highest BCUT2D eigenvalue weighted by Crippen LogP contribution is 2.18. The molecule has 1 fully saturated rings. The maximum Gasteiger partial charge on any atom is 0.191 e. The number of aliphatic imine (C=N–C) groups is 1. The van der Waals surface area contributed by atoms with Crippen LogP contribution in [-0.4, -0.2) is 37.6 Å². The van der Waals surface area contributed by atoms with E-state index in [-0.39, 0.29) is 11.9 Å². The van der Waals surface area contributed by atoms with E-state index < -0.39 is 0 Å². The van der Waals surface area contributed by atoms with Crippen LogP contribution < -0.4 is 5.73 Å². The van der Waals surface area contributed by atoms with Gasteiger partial charge in [0, 0.05) is 20.2 Å². The molecule has 0 radical (unpaired) electrons. The second-order valence-electron chi connectivity index (χ2n) is 5.67. The van der Waals surface area contributed by atoms with Crippen LogP contribution in [0.4, 0.5) is 4.39 Å². The molecule has 1 saturated heterocycles. The molecule has 116 valence electrons. The van der Waals surface area contributed by atoms with Gasteiger partial charge in [0.25, 0.3) is 0 Å². The van der Waals surface area contributed by atoms with E-state index in [1.54, 1.807) is 19.2 Å². The zero-order valence-electron chi connectivity index (χ0n) is 12.8. The number of nitrogens with zero attached hydrogens (tertiary/aromatic N) is 2. The maximum absolute atomic E-state index is 13.0. The van der Waals surface area contributed by atoms with E-state index in [0.29, 0.717) is 18.4 Å². The molecular formula is C16H24FN3O. The highest BCUT2D eigenvalue weighted by atomic mass is 19.1. The number of guanidine groups is 1. The molecule has 1 aliphatic rings. The summed E-state index contributed by atoms with van der Waals surface area (Å²) in [5.74, 6) is 0.979. The zero-order chi connectivity index (χ0) is 15.2. The van der Waals surface area contributed by atoms with Crippen molar-refractivity contribution in [1.82, 2.24) is 4.90 Å². The number of likely N-dealkylation sites (tertiary alicyclic amines) is 1. The number of rotatable bonds is 4. The molecule has 2 rings (SSSR count). The zero-order valence-corrected chi connectivity index (χ0v) is 12.8. The molecule has 1 aliphatic heterocycles. The Morgan fingerprint density at radius 3 is 2.81 bits per heavy atom. The molecule has 21 heavy (non-hydrogen) atoms. The summed E-state index contributed by atoms with van der Waals surface area (Å²) >= 11 is 0. The molecule has 2 N–H and O–H groups in total. The number of hydrogen-bond donors (Lipinski definition) is 1. The fraction of sp³-hybridized carbons (Fsp3) is 0.562. The van der Waals surface area contributed by atoms with E-state index in [0.717, 1.165) is 25.1 Å². The number of benzene rings is 1. The second-order valence-corrected chi connectivity index (χ2v) is 5.67. The lowest BCUT2D eigenvalue weighted by Crippen LogP contribution is -2.43. The first-order chi connectivity index (χ1) is 10.1.